The van der Waals surface area contributed by atoms with Crippen molar-refractivity contribution in [3.8, 4) is 0 Å². The van der Waals surface area contributed by atoms with Gasteiger partial charge in [-0.3, -0.25) is 13.9 Å². The van der Waals surface area contributed by atoms with E-state index in [1.807, 2.05) is 25.1 Å². The van der Waals surface area contributed by atoms with Crippen molar-refractivity contribution in [1.29, 1.82) is 0 Å². The Bertz CT molecular complexity index is 637. The van der Waals surface area contributed by atoms with Crippen LogP contribution in [-0.4, -0.2) is 9.13 Å². The smallest absolute Gasteiger partial charge is 0.293 e. The summed E-state index contributed by atoms with van der Waals surface area (Å²) in [6.45, 7) is 2.64. The highest BCUT2D eigenvalue weighted by Crippen LogP contribution is 2.07. The van der Waals surface area contributed by atoms with Crippen LogP contribution in [0.1, 0.15) is 13.3 Å². The van der Waals surface area contributed by atoms with Gasteiger partial charge in [-0.25, -0.2) is 4.79 Å². The summed E-state index contributed by atoms with van der Waals surface area (Å²) in [5.74, 6) is 0. The molecule has 0 bridgehead atoms. The van der Waals surface area contributed by atoms with Gasteiger partial charge in [0.1, 0.15) is 0 Å². The number of fused-ring (bicyclic) bond motifs is 1. The first kappa shape index (κ1) is 10.7. The van der Waals surface area contributed by atoms with Crippen molar-refractivity contribution in [3.05, 3.63) is 45.1 Å². The van der Waals surface area contributed by atoms with Crippen molar-refractivity contribution in [2.45, 2.75) is 19.9 Å². The Balaban J connectivity index is 2.98. The van der Waals surface area contributed by atoms with E-state index in [1.54, 1.807) is 10.6 Å². The highest BCUT2D eigenvalue weighted by Gasteiger charge is 2.08. The maximum absolute atomic E-state index is 11.9. The lowest BCUT2D eigenvalue weighted by Crippen LogP contribution is -2.38. The van der Waals surface area contributed by atoms with E-state index in [2.05, 4.69) is 0 Å². The number of hydrogen-bond donors (Lipinski definition) is 0. The van der Waals surface area contributed by atoms with Crippen LogP contribution in [-0.2, 0) is 13.6 Å². The minimum Gasteiger partial charge on any atom is -0.293 e. The van der Waals surface area contributed by atoms with E-state index in [1.165, 1.54) is 7.05 Å². The van der Waals surface area contributed by atoms with Gasteiger partial charge in [-0.15, -0.1) is 0 Å². The fourth-order valence-electron chi connectivity index (χ4n) is 1.88. The molecule has 1 aromatic carbocycles. The predicted octanol–water partition coefficient (Wildman–Crippen LogP) is 1.11. The Labute approximate surface area is 92.8 Å². The minimum atomic E-state index is -0.245. The zero-order valence-electron chi connectivity index (χ0n) is 9.43. The first-order valence-corrected chi connectivity index (χ1v) is 5.35. The van der Waals surface area contributed by atoms with Gasteiger partial charge < -0.3 is 0 Å². The van der Waals surface area contributed by atoms with Crippen LogP contribution in [0.2, 0.25) is 0 Å². The monoisotopic (exact) mass is 218 g/mol. The van der Waals surface area contributed by atoms with E-state index < -0.39 is 0 Å². The molecule has 2 aromatic rings. The molecule has 0 spiro atoms. The van der Waals surface area contributed by atoms with E-state index in [4.69, 9.17) is 0 Å². The summed E-state index contributed by atoms with van der Waals surface area (Å²) in [5, 5.41) is 0.595. The Morgan fingerprint density at radius 2 is 1.88 bits per heavy atom. The molecule has 0 aliphatic heterocycles. The minimum absolute atomic E-state index is 0.229. The van der Waals surface area contributed by atoms with E-state index in [0.29, 0.717) is 11.9 Å². The molecular formula is C12H14N2O2. The average molecular weight is 218 g/mol. The second-order valence-corrected chi connectivity index (χ2v) is 3.82. The lowest BCUT2D eigenvalue weighted by molar-refractivity contribution is 0.615. The number of aromatic nitrogens is 2. The highest BCUT2D eigenvalue weighted by molar-refractivity contribution is 5.77. The van der Waals surface area contributed by atoms with Crippen molar-refractivity contribution in [2.75, 3.05) is 0 Å². The molecule has 2 rings (SSSR count). The lowest BCUT2D eigenvalue weighted by Gasteiger charge is -2.10. The number of benzene rings is 1. The largest absolute Gasteiger partial charge is 0.331 e. The second kappa shape index (κ2) is 3.96. The Kier molecular flexibility index (Phi) is 2.64. The first-order chi connectivity index (χ1) is 7.66. The van der Waals surface area contributed by atoms with Crippen molar-refractivity contribution in [3.63, 3.8) is 0 Å². The Hall–Kier alpha value is -1.84. The van der Waals surface area contributed by atoms with Crippen molar-refractivity contribution in [2.24, 2.45) is 7.05 Å². The zero-order chi connectivity index (χ0) is 11.7. The van der Waals surface area contributed by atoms with Crippen LogP contribution in [0.3, 0.4) is 0 Å². The highest BCUT2D eigenvalue weighted by atomic mass is 16.2. The molecular weight excluding hydrogens is 204 g/mol. The molecule has 0 N–H and O–H groups in total. The molecule has 0 saturated carbocycles. The second-order valence-electron chi connectivity index (χ2n) is 3.82. The van der Waals surface area contributed by atoms with Gasteiger partial charge in [0.25, 0.3) is 5.56 Å². The Morgan fingerprint density at radius 3 is 2.56 bits per heavy atom. The third kappa shape index (κ3) is 1.46. The summed E-state index contributed by atoms with van der Waals surface area (Å²) in [4.78, 5) is 23.8. The molecule has 0 fully saturated rings. The summed E-state index contributed by atoms with van der Waals surface area (Å²) in [7, 11) is 1.52. The number of hydrogen-bond acceptors (Lipinski definition) is 2. The first-order valence-electron chi connectivity index (χ1n) is 5.35. The molecule has 0 aliphatic carbocycles. The standard InChI is InChI=1S/C12H14N2O2/c1-3-8-14-10-7-5-4-6-9(10)11(15)13(2)12(14)16/h4-7H,3,8H2,1-2H3. The zero-order valence-corrected chi connectivity index (χ0v) is 9.43. The molecule has 0 aliphatic rings. The SMILES string of the molecule is CCCn1c(=O)n(C)c(=O)c2ccccc21. The normalized spacial score (nSPS) is 10.9. The van der Waals surface area contributed by atoms with Gasteiger partial charge in [-0.2, -0.15) is 0 Å². The van der Waals surface area contributed by atoms with Crippen LogP contribution in [0.4, 0.5) is 0 Å². The maximum Gasteiger partial charge on any atom is 0.331 e. The molecule has 1 aromatic heterocycles. The number of nitrogens with zero attached hydrogens (tertiary/aromatic N) is 2. The fourth-order valence-corrected chi connectivity index (χ4v) is 1.88. The average Bonchev–Trinajstić information content (AvgIpc) is 2.32. The van der Waals surface area contributed by atoms with Gasteiger partial charge in [0.2, 0.25) is 0 Å². The van der Waals surface area contributed by atoms with Crippen LogP contribution in [0.5, 0.6) is 0 Å². The summed E-state index contributed by atoms with van der Waals surface area (Å²) in [6.07, 6.45) is 0.863. The molecule has 0 atom stereocenters. The van der Waals surface area contributed by atoms with Crippen LogP contribution in [0.15, 0.2) is 33.9 Å². The summed E-state index contributed by atoms with van der Waals surface area (Å²) < 4.78 is 2.81. The summed E-state index contributed by atoms with van der Waals surface area (Å²) in [6, 6.07) is 7.22. The van der Waals surface area contributed by atoms with Crippen LogP contribution in [0.25, 0.3) is 10.9 Å². The van der Waals surface area contributed by atoms with Gasteiger partial charge in [0, 0.05) is 13.6 Å². The third-order valence-corrected chi connectivity index (χ3v) is 2.69. The number of para-hydroxylation sites is 1. The van der Waals surface area contributed by atoms with Crippen molar-refractivity contribution in [1.82, 2.24) is 9.13 Å². The van der Waals surface area contributed by atoms with Crippen LogP contribution >= 0.6 is 0 Å². The lowest BCUT2D eigenvalue weighted by atomic mass is 10.2. The van der Waals surface area contributed by atoms with Gasteiger partial charge in [-0.05, 0) is 18.6 Å². The molecule has 0 amide bonds. The predicted molar refractivity (Wildman–Crippen MR) is 63.7 cm³/mol. The van der Waals surface area contributed by atoms with Gasteiger partial charge in [0.15, 0.2) is 0 Å². The third-order valence-electron chi connectivity index (χ3n) is 2.69. The molecule has 0 saturated heterocycles. The molecule has 1 heterocycles. The van der Waals surface area contributed by atoms with Gasteiger partial charge >= 0.3 is 5.69 Å². The molecule has 4 nitrogen and oxygen atoms in total. The quantitative estimate of drug-likeness (QED) is 0.758. The van der Waals surface area contributed by atoms with E-state index in [0.717, 1.165) is 16.5 Å². The van der Waals surface area contributed by atoms with E-state index in [-0.39, 0.29) is 11.2 Å². The van der Waals surface area contributed by atoms with Crippen molar-refractivity contribution >= 4 is 10.9 Å². The summed E-state index contributed by atoms with van der Waals surface area (Å²) in [5.41, 5.74) is 0.246. The molecule has 0 unspecified atom stereocenters. The molecule has 84 valence electrons. The topological polar surface area (TPSA) is 44.0 Å². The van der Waals surface area contributed by atoms with Crippen LogP contribution < -0.4 is 11.2 Å². The number of rotatable bonds is 2. The summed E-state index contributed by atoms with van der Waals surface area (Å²) >= 11 is 0. The molecule has 16 heavy (non-hydrogen) atoms. The molecule has 0 radical (unpaired) electrons. The maximum atomic E-state index is 11.9. The number of aryl methyl sites for hydroxylation is 1. The molecule has 4 heteroatoms. The van der Waals surface area contributed by atoms with Gasteiger partial charge in [-0.1, -0.05) is 19.1 Å². The van der Waals surface area contributed by atoms with E-state index >= 15 is 0 Å². The van der Waals surface area contributed by atoms with Crippen LogP contribution in [0, 0.1) is 0 Å². The Morgan fingerprint density at radius 1 is 1.19 bits per heavy atom. The van der Waals surface area contributed by atoms with Crippen molar-refractivity contribution < 1.29 is 0 Å². The van der Waals surface area contributed by atoms with E-state index in [9.17, 15) is 9.59 Å². The van der Waals surface area contributed by atoms with Gasteiger partial charge in [0.05, 0.1) is 10.9 Å². The fraction of sp³-hybridized carbons (Fsp3) is 0.333.